The molecule has 1 saturated heterocycles. The summed E-state index contributed by atoms with van der Waals surface area (Å²) in [5, 5.41) is 29.1. The Morgan fingerprint density at radius 2 is 2.00 bits per heavy atom. The number of aliphatic carboxylic acids is 1. The number of allylic oxidation sites excluding steroid dienone is 3. The van der Waals surface area contributed by atoms with E-state index < -0.39 is 29.2 Å². The molecule has 6 heteroatoms. The zero-order valence-electron chi connectivity index (χ0n) is 19.2. The summed E-state index contributed by atoms with van der Waals surface area (Å²) in [6.45, 7) is 8.40. The molecule has 3 aliphatic rings. The Balaban J connectivity index is 1.80. The normalized spacial score (nSPS) is 39.0. The number of carboxylic acid groups (broad SMARTS) is 1. The van der Waals surface area contributed by atoms with Gasteiger partial charge in [-0.05, 0) is 62.4 Å². The highest BCUT2D eigenvalue weighted by Gasteiger charge is 2.60. The van der Waals surface area contributed by atoms with E-state index in [-0.39, 0.29) is 36.6 Å². The average molecular weight is 435 g/mol. The number of aliphatic hydroxyl groups excluding tert-OH is 2. The van der Waals surface area contributed by atoms with Gasteiger partial charge < -0.3 is 20.1 Å². The zero-order chi connectivity index (χ0) is 23.0. The first-order chi connectivity index (χ1) is 14.5. The van der Waals surface area contributed by atoms with Crippen LogP contribution in [0.3, 0.4) is 0 Å². The van der Waals surface area contributed by atoms with Crippen LogP contribution in [-0.2, 0) is 14.3 Å². The van der Waals surface area contributed by atoms with Crippen LogP contribution in [0.2, 0.25) is 0 Å². The summed E-state index contributed by atoms with van der Waals surface area (Å²) in [6.07, 6.45) is 8.09. The molecule has 1 fully saturated rings. The Bertz CT molecular complexity index is 757. The molecule has 1 heterocycles. The highest BCUT2D eigenvalue weighted by atomic mass is 16.6. The van der Waals surface area contributed by atoms with Crippen LogP contribution in [-0.4, -0.2) is 45.1 Å². The smallest absolute Gasteiger partial charge is 0.312 e. The maximum Gasteiger partial charge on any atom is 0.312 e. The number of carbonyl (C=O) groups excluding carboxylic acids is 1. The van der Waals surface area contributed by atoms with Crippen molar-refractivity contribution in [3.8, 4) is 0 Å². The van der Waals surface area contributed by atoms with Crippen molar-refractivity contribution in [1.82, 2.24) is 0 Å². The predicted molar refractivity (Wildman–Crippen MR) is 117 cm³/mol. The lowest BCUT2D eigenvalue weighted by Crippen LogP contribution is -2.49. The summed E-state index contributed by atoms with van der Waals surface area (Å²) in [7, 11) is 0. The first kappa shape index (κ1) is 24.0. The second-order valence-electron chi connectivity index (χ2n) is 10.5. The molecule has 0 aromatic heterocycles. The van der Waals surface area contributed by atoms with Crippen molar-refractivity contribution in [2.75, 3.05) is 0 Å². The van der Waals surface area contributed by atoms with E-state index in [2.05, 4.69) is 32.1 Å². The molecule has 1 spiro atoms. The lowest BCUT2D eigenvalue weighted by Gasteiger charge is -2.49. The number of carbonyl (C=O) groups is 2. The number of aliphatic hydroxyl groups is 2. The molecule has 3 rings (SSSR count). The Kier molecular flexibility index (Phi) is 7.02. The van der Waals surface area contributed by atoms with Crippen molar-refractivity contribution in [2.24, 2.45) is 29.1 Å². The minimum Gasteiger partial charge on any atom is -0.481 e. The van der Waals surface area contributed by atoms with Crippen LogP contribution in [0.15, 0.2) is 23.8 Å². The summed E-state index contributed by atoms with van der Waals surface area (Å²) in [6, 6.07) is 0. The van der Waals surface area contributed by atoms with E-state index in [1.54, 1.807) is 0 Å². The SMILES string of the molecule is CC[C@]1(C)C[C@@]2(C[C@@H](C)C=C3C=C[C@H](C)[C@H](CCC(O)C[C@H](O)CC(=O)O)[C@H]32)OC1=O. The molecule has 1 unspecified atom stereocenters. The van der Waals surface area contributed by atoms with E-state index in [1.807, 2.05) is 13.8 Å². The molecule has 3 N–H and O–H groups in total. The van der Waals surface area contributed by atoms with Gasteiger partial charge in [0.25, 0.3) is 0 Å². The van der Waals surface area contributed by atoms with Gasteiger partial charge in [-0.15, -0.1) is 0 Å². The first-order valence-electron chi connectivity index (χ1n) is 11.7. The summed E-state index contributed by atoms with van der Waals surface area (Å²) >= 11 is 0. The molecule has 0 aromatic carbocycles. The summed E-state index contributed by atoms with van der Waals surface area (Å²) in [5.41, 5.74) is 0.260. The number of hydrogen-bond donors (Lipinski definition) is 3. The topological polar surface area (TPSA) is 104 Å². The van der Waals surface area contributed by atoms with Crippen molar-refractivity contribution in [1.29, 1.82) is 0 Å². The van der Waals surface area contributed by atoms with Crippen molar-refractivity contribution < 1.29 is 29.6 Å². The van der Waals surface area contributed by atoms with Gasteiger partial charge in [-0.25, -0.2) is 0 Å². The van der Waals surface area contributed by atoms with Crippen LogP contribution in [0.25, 0.3) is 0 Å². The first-order valence-corrected chi connectivity index (χ1v) is 11.7. The molecular formula is C25H38O6. The minimum absolute atomic E-state index is 0.0572. The maximum absolute atomic E-state index is 12.9. The zero-order valence-corrected chi connectivity index (χ0v) is 19.2. The van der Waals surface area contributed by atoms with Crippen molar-refractivity contribution >= 4 is 11.9 Å². The number of rotatable bonds is 8. The average Bonchev–Trinajstić information content (AvgIpc) is 2.91. The molecule has 0 radical (unpaired) electrons. The van der Waals surface area contributed by atoms with Gasteiger partial charge in [0.2, 0.25) is 0 Å². The minimum atomic E-state index is -1.07. The number of ether oxygens (including phenoxy) is 1. The van der Waals surface area contributed by atoms with Gasteiger partial charge in [-0.1, -0.05) is 39.0 Å². The molecule has 0 amide bonds. The lowest BCUT2D eigenvalue weighted by molar-refractivity contribution is -0.160. The molecule has 8 atom stereocenters. The Morgan fingerprint density at radius 3 is 2.61 bits per heavy atom. The van der Waals surface area contributed by atoms with Crippen LogP contribution in [0.4, 0.5) is 0 Å². The lowest BCUT2D eigenvalue weighted by atomic mass is 9.57. The van der Waals surface area contributed by atoms with Crippen molar-refractivity contribution in [2.45, 2.75) is 90.4 Å². The van der Waals surface area contributed by atoms with E-state index in [1.165, 1.54) is 5.57 Å². The van der Waals surface area contributed by atoms with Gasteiger partial charge in [0, 0.05) is 12.3 Å². The van der Waals surface area contributed by atoms with Gasteiger partial charge in [-0.2, -0.15) is 0 Å². The Labute approximate surface area is 185 Å². The van der Waals surface area contributed by atoms with Gasteiger partial charge in [0.05, 0.1) is 24.0 Å². The summed E-state index contributed by atoms with van der Waals surface area (Å²) < 4.78 is 6.25. The number of esters is 1. The van der Waals surface area contributed by atoms with E-state index in [9.17, 15) is 19.8 Å². The fourth-order valence-corrected chi connectivity index (χ4v) is 6.14. The van der Waals surface area contributed by atoms with Crippen LogP contribution in [0, 0.1) is 29.1 Å². The Hall–Kier alpha value is -1.66. The molecule has 174 valence electrons. The highest BCUT2D eigenvalue weighted by molar-refractivity contribution is 5.79. The predicted octanol–water partition coefficient (Wildman–Crippen LogP) is 3.86. The fraction of sp³-hybridized carbons (Fsp3) is 0.760. The van der Waals surface area contributed by atoms with Gasteiger partial charge in [0.1, 0.15) is 5.60 Å². The maximum atomic E-state index is 12.9. The second kappa shape index (κ2) is 9.07. The summed E-state index contributed by atoms with van der Waals surface area (Å²) in [4.78, 5) is 23.6. The summed E-state index contributed by atoms with van der Waals surface area (Å²) in [5.74, 6) is -0.259. The molecule has 6 nitrogen and oxygen atoms in total. The van der Waals surface area contributed by atoms with Crippen LogP contribution in [0.1, 0.15) is 72.6 Å². The number of hydrogen-bond acceptors (Lipinski definition) is 5. The monoisotopic (exact) mass is 434 g/mol. The van der Waals surface area contributed by atoms with Crippen molar-refractivity contribution in [3.63, 3.8) is 0 Å². The van der Waals surface area contributed by atoms with Crippen LogP contribution < -0.4 is 0 Å². The van der Waals surface area contributed by atoms with Gasteiger partial charge in [0.15, 0.2) is 0 Å². The third kappa shape index (κ3) is 4.90. The molecular weight excluding hydrogens is 396 g/mol. The molecule has 0 bridgehead atoms. The molecule has 0 aromatic rings. The third-order valence-electron chi connectivity index (χ3n) is 7.81. The van der Waals surface area contributed by atoms with Gasteiger partial charge >= 0.3 is 11.9 Å². The second-order valence-corrected chi connectivity index (χ2v) is 10.5. The van der Waals surface area contributed by atoms with Crippen LogP contribution >= 0.6 is 0 Å². The quantitative estimate of drug-likeness (QED) is 0.501. The van der Waals surface area contributed by atoms with E-state index in [0.717, 1.165) is 25.7 Å². The molecule has 2 aliphatic carbocycles. The van der Waals surface area contributed by atoms with Gasteiger partial charge in [-0.3, -0.25) is 9.59 Å². The number of carboxylic acids is 1. The molecule has 1 aliphatic heterocycles. The van der Waals surface area contributed by atoms with E-state index in [4.69, 9.17) is 9.84 Å². The van der Waals surface area contributed by atoms with Crippen molar-refractivity contribution in [3.05, 3.63) is 23.8 Å². The Morgan fingerprint density at radius 1 is 1.29 bits per heavy atom. The van der Waals surface area contributed by atoms with Crippen LogP contribution in [0.5, 0.6) is 0 Å². The standard InChI is InChI=1S/C25H38O6/c1-5-24(4)14-25(31-23(24)30)13-15(2)10-17-7-6-16(3)20(22(17)25)9-8-18(26)11-19(27)12-21(28)29/h6-7,10,15-16,18-20,22,26-27H,5,8-9,11-14H2,1-4H3,(H,28,29)/t15-,16-,18?,19-,20-,22-,24+,25+/m0/s1. The van der Waals surface area contributed by atoms with E-state index >= 15 is 0 Å². The third-order valence-corrected chi connectivity index (χ3v) is 7.81. The highest BCUT2D eigenvalue weighted by Crippen LogP contribution is 2.58. The molecule has 31 heavy (non-hydrogen) atoms. The fourth-order valence-electron chi connectivity index (χ4n) is 6.14. The largest absolute Gasteiger partial charge is 0.481 e. The molecule has 0 saturated carbocycles. The van der Waals surface area contributed by atoms with E-state index in [0.29, 0.717) is 12.3 Å². The number of fused-ring (bicyclic) bond motifs is 2.